The summed E-state index contributed by atoms with van der Waals surface area (Å²) in [4.78, 5) is 24.1. The second-order valence-corrected chi connectivity index (χ2v) is 3.03. The molecule has 0 atom stereocenters. The van der Waals surface area contributed by atoms with E-state index in [0.29, 0.717) is 13.1 Å². The van der Waals surface area contributed by atoms with Crippen LogP contribution in [0.3, 0.4) is 0 Å². The fourth-order valence-electron chi connectivity index (χ4n) is 1.23. The van der Waals surface area contributed by atoms with Crippen molar-refractivity contribution in [1.82, 2.24) is 15.5 Å². The van der Waals surface area contributed by atoms with E-state index < -0.39 is 6.03 Å². The van der Waals surface area contributed by atoms with Crippen molar-refractivity contribution < 1.29 is 9.59 Å². The maximum atomic E-state index is 11.0. The molecule has 13 heavy (non-hydrogen) atoms. The highest BCUT2D eigenvalue weighted by Crippen LogP contribution is 1.96. The molecule has 0 spiro atoms. The van der Waals surface area contributed by atoms with Crippen LogP contribution in [-0.4, -0.2) is 36.6 Å². The Labute approximate surface area is 77.5 Å². The van der Waals surface area contributed by atoms with E-state index in [1.165, 1.54) is 0 Å². The number of imide groups is 1. The summed E-state index contributed by atoms with van der Waals surface area (Å²) in [5.41, 5.74) is 0. The number of rotatable bonds is 1. The molecule has 1 rings (SSSR count). The Hall–Kier alpha value is -1.10. The Kier molecular flexibility index (Phi) is 3.70. The minimum absolute atomic E-state index is 0.199. The van der Waals surface area contributed by atoms with E-state index in [1.54, 1.807) is 0 Å². The zero-order chi connectivity index (χ0) is 9.68. The van der Waals surface area contributed by atoms with Crippen molar-refractivity contribution in [1.29, 1.82) is 0 Å². The van der Waals surface area contributed by atoms with Crippen LogP contribution in [0.2, 0.25) is 0 Å². The van der Waals surface area contributed by atoms with Gasteiger partial charge in [0, 0.05) is 13.0 Å². The fraction of sp³-hybridized carbons (Fsp3) is 0.750. The van der Waals surface area contributed by atoms with Gasteiger partial charge in [0.05, 0.1) is 6.67 Å². The van der Waals surface area contributed by atoms with Gasteiger partial charge < -0.3 is 5.32 Å². The van der Waals surface area contributed by atoms with Crippen molar-refractivity contribution >= 4 is 11.9 Å². The Morgan fingerprint density at radius 3 is 2.92 bits per heavy atom. The molecule has 0 saturated carbocycles. The lowest BCUT2D eigenvalue weighted by molar-refractivity contribution is -0.120. The zero-order valence-electron chi connectivity index (χ0n) is 7.80. The van der Waals surface area contributed by atoms with Crippen LogP contribution in [0.15, 0.2) is 0 Å². The van der Waals surface area contributed by atoms with Crippen LogP contribution in [0.25, 0.3) is 0 Å². The normalized spacial score (nSPS) is 21.0. The van der Waals surface area contributed by atoms with Gasteiger partial charge in [-0.3, -0.25) is 15.0 Å². The van der Waals surface area contributed by atoms with E-state index in [-0.39, 0.29) is 5.91 Å². The van der Waals surface area contributed by atoms with Gasteiger partial charge in [-0.15, -0.1) is 0 Å². The van der Waals surface area contributed by atoms with Crippen LogP contribution < -0.4 is 10.6 Å². The number of hydrogen-bond acceptors (Lipinski definition) is 3. The molecule has 0 bridgehead atoms. The first-order valence-corrected chi connectivity index (χ1v) is 4.52. The molecule has 1 fully saturated rings. The van der Waals surface area contributed by atoms with Crippen molar-refractivity contribution in [2.45, 2.75) is 19.8 Å². The van der Waals surface area contributed by atoms with Crippen LogP contribution in [0.1, 0.15) is 19.8 Å². The molecule has 1 heterocycles. The van der Waals surface area contributed by atoms with E-state index in [4.69, 9.17) is 0 Å². The predicted molar refractivity (Wildman–Crippen MR) is 48.0 cm³/mol. The molecule has 1 aliphatic heterocycles. The summed E-state index contributed by atoms with van der Waals surface area (Å²) >= 11 is 0. The molecule has 0 unspecified atom stereocenters. The molecular formula is C8H15N3O2. The van der Waals surface area contributed by atoms with Gasteiger partial charge in [0.1, 0.15) is 0 Å². The minimum Gasteiger partial charge on any atom is -0.325 e. The monoisotopic (exact) mass is 185 g/mol. The number of urea groups is 1. The zero-order valence-corrected chi connectivity index (χ0v) is 7.80. The molecule has 1 aliphatic rings. The Bertz CT molecular complexity index is 206. The summed E-state index contributed by atoms with van der Waals surface area (Å²) in [5.74, 6) is -0.199. The highest BCUT2D eigenvalue weighted by Gasteiger charge is 2.12. The number of carbonyl (C=O) groups is 2. The summed E-state index contributed by atoms with van der Waals surface area (Å²) in [6, 6.07) is -0.398. The average molecular weight is 185 g/mol. The standard InChI is InChI=1S/C8H15N3O2/c1-2-11-5-3-4-7(12)10-8(13)9-6-11/h2-6H2,1H3,(H2,9,10,12,13). The second kappa shape index (κ2) is 4.81. The van der Waals surface area contributed by atoms with Gasteiger partial charge in [0.25, 0.3) is 0 Å². The van der Waals surface area contributed by atoms with Gasteiger partial charge in [-0.05, 0) is 13.0 Å². The van der Waals surface area contributed by atoms with Gasteiger partial charge in [-0.2, -0.15) is 0 Å². The molecule has 3 amide bonds. The smallest absolute Gasteiger partial charge is 0.322 e. The lowest BCUT2D eigenvalue weighted by Gasteiger charge is -2.18. The highest BCUT2D eigenvalue weighted by atomic mass is 16.2. The maximum absolute atomic E-state index is 11.0. The third kappa shape index (κ3) is 3.42. The topological polar surface area (TPSA) is 61.4 Å². The molecule has 5 nitrogen and oxygen atoms in total. The molecule has 5 heteroatoms. The first-order chi connectivity index (χ1) is 6.22. The molecule has 0 aliphatic carbocycles. The molecule has 2 N–H and O–H groups in total. The van der Waals surface area contributed by atoms with E-state index in [1.807, 2.05) is 6.92 Å². The Balaban J connectivity index is 2.47. The first kappa shape index (κ1) is 9.98. The molecule has 0 aromatic carbocycles. The van der Waals surface area contributed by atoms with Crippen LogP contribution in [0, 0.1) is 0 Å². The summed E-state index contributed by atoms with van der Waals surface area (Å²) in [5, 5.41) is 4.86. The van der Waals surface area contributed by atoms with Crippen molar-refractivity contribution in [3.05, 3.63) is 0 Å². The van der Waals surface area contributed by atoms with Crippen molar-refractivity contribution in [3.8, 4) is 0 Å². The van der Waals surface area contributed by atoms with Crippen LogP contribution in [0.5, 0.6) is 0 Å². The van der Waals surface area contributed by atoms with Crippen LogP contribution in [0.4, 0.5) is 4.79 Å². The largest absolute Gasteiger partial charge is 0.325 e. The van der Waals surface area contributed by atoms with E-state index in [2.05, 4.69) is 15.5 Å². The summed E-state index contributed by atoms with van der Waals surface area (Å²) in [6.45, 7) is 4.27. The van der Waals surface area contributed by atoms with Crippen LogP contribution in [-0.2, 0) is 4.79 Å². The molecule has 0 radical (unpaired) electrons. The van der Waals surface area contributed by atoms with Crippen molar-refractivity contribution in [2.24, 2.45) is 0 Å². The van der Waals surface area contributed by atoms with Gasteiger partial charge in [-0.1, -0.05) is 6.92 Å². The number of hydrogen-bond donors (Lipinski definition) is 2. The molecule has 74 valence electrons. The Morgan fingerprint density at radius 2 is 2.23 bits per heavy atom. The molecule has 1 saturated heterocycles. The first-order valence-electron chi connectivity index (χ1n) is 4.52. The second-order valence-electron chi connectivity index (χ2n) is 3.03. The van der Waals surface area contributed by atoms with Gasteiger partial charge in [0.15, 0.2) is 0 Å². The van der Waals surface area contributed by atoms with E-state index in [9.17, 15) is 9.59 Å². The fourth-order valence-corrected chi connectivity index (χ4v) is 1.23. The number of amides is 3. The lowest BCUT2D eigenvalue weighted by Crippen LogP contribution is -2.43. The van der Waals surface area contributed by atoms with E-state index >= 15 is 0 Å². The number of nitrogens with one attached hydrogen (secondary N) is 2. The number of carbonyl (C=O) groups excluding carboxylic acids is 2. The molecular weight excluding hydrogens is 170 g/mol. The molecule has 0 aromatic rings. The number of nitrogens with zero attached hydrogens (tertiary/aromatic N) is 1. The van der Waals surface area contributed by atoms with Gasteiger partial charge in [-0.25, -0.2) is 4.79 Å². The third-order valence-electron chi connectivity index (χ3n) is 2.04. The quantitative estimate of drug-likeness (QED) is 0.599. The third-order valence-corrected chi connectivity index (χ3v) is 2.04. The van der Waals surface area contributed by atoms with Crippen molar-refractivity contribution in [3.63, 3.8) is 0 Å². The summed E-state index contributed by atoms with van der Waals surface area (Å²) in [7, 11) is 0. The minimum atomic E-state index is -0.398. The molecule has 0 aromatic heterocycles. The van der Waals surface area contributed by atoms with Gasteiger partial charge in [0.2, 0.25) is 5.91 Å². The highest BCUT2D eigenvalue weighted by molar-refractivity contribution is 5.94. The summed E-state index contributed by atoms with van der Waals surface area (Å²) < 4.78 is 0. The van der Waals surface area contributed by atoms with Gasteiger partial charge >= 0.3 is 6.03 Å². The Morgan fingerprint density at radius 1 is 1.46 bits per heavy atom. The lowest BCUT2D eigenvalue weighted by atomic mass is 10.3. The predicted octanol–water partition coefficient (Wildman–Crippen LogP) is -0.115. The van der Waals surface area contributed by atoms with Crippen LogP contribution >= 0.6 is 0 Å². The summed E-state index contributed by atoms with van der Waals surface area (Å²) in [6.07, 6.45) is 1.22. The average Bonchev–Trinajstić information content (AvgIpc) is 2.16. The SMILES string of the molecule is CCN1CCCC(=O)NC(=O)NC1. The van der Waals surface area contributed by atoms with E-state index in [0.717, 1.165) is 19.5 Å². The maximum Gasteiger partial charge on any atom is 0.322 e. The van der Waals surface area contributed by atoms with Crippen molar-refractivity contribution in [2.75, 3.05) is 19.8 Å².